The van der Waals surface area contributed by atoms with Crippen molar-refractivity contribution in [1.29, 1.82) is 0 Å². The monoisotopic (exact) mass is 277 g/mol. The first-order valence-corrected chi connectivity index (χ1v) is 6.74. The number of carboxylic acids is 1. The van der Waals surface area contributed by atoms with Crippen LogP contribution in [-0.2, 0) is 16.0 Å². The van der Waals surface area contributed by atoms with Gasteiger partial charge in [0, 0.05) is 0 Å². The number of para-hydroxylation sites is 1. The van der Waals surface area contributed by atoms with Crippen molar-refractivity contribution in [2.45, 2.75) is 38.6 Å². The summed E-state index contributed by atoms with van der Waals surface area (Å²) in [6.07, 6.45) is 0.786. The Hall–Kier alpha value is -2.04. The smallest absolute Gasteiger partial charge is 0.414 e. The van der Waals surface area contributed by atoms with E-state index in [4.69, 9.17) is 9.84 Å². The van der Waals surface area contributed by atoms with Crippen molar-refractivity contribution >= 4 is 17.7 Å². The van der Waals surface area contributed by atoms with Crippen LogP contribution in [0.4, 0.5) is 10.5 Å². The van der Waals surface area contributed by atoms with Gasteiger partial charge < -0.3 is 9.84 Å². The molecule has 1 amide bonds. The molecule has 0 fully saturated rings. The number of aryl methyl sites for hydroxylation is 1. The molecule has 0 saturated heterocycles. The summed E-state index contributed by atoms with van der Waals surface area (Å²) in [4.78, 5) is 24.9. The molecule has 0 aromatic heterocycles. The Morgan fingerprint density at radius 2 is 2.10 bits per heavy atom. The molecule has 0 spiro atoms. The van der Waals surface area contributed by atoms with Gasteiger partial charge in [0.1, 0.15) is 0 Å². The minimum Gasteiger partial charge on any atom is -0.481 e. The first-order chi connectivity index (χ1) is 9.48. The van der Waals surface area contributed by atoms with E-state index in [0.717, 1.165) is 17.7 Å². The Balaban J connectivity index is 2.44. The quantitative estimate of drug-likeness (QED) is 0.922. The van der Waals surface area contributed by atoms with Gasteiger partial charge in [-0.3, -0.25) is 9.69 Å². The van der Waals surface area contributed by atoms with Gasteiger partial charge in [0.2, 0.25) is 0 Å². The summed E-state index contributed by atoms with van der Waals surface area (Å²) in [6.45, 7) is 3.80. The van der Waals surface area contributed by atoms with E-state index < -0.39 is 17.6 Å². The van der Waals surface area contributed by atoms with Crippen molar-refractivity contribution in [3.63, 3.8) is 0 Å². The van der Waals surface area contributed by atoms with Gasteiger partial charge in [-0.25, -0.2) is 4.79 Å². The highest BCUT2D eigenvalue weighted by Crippen LogP contribution is 2.39. The summed E-state index contributed by atoms with van der Waals surface area (Å²) in [7, 11) is 0. The van der Waals surface area contributed by atoms with E-state index in [1.54, 1.807) is 13.8 Å². The molecule has 0 saturated carbocycles. The average Bonchev–Trinajstić information content (AvgIpc) is 2.37. The maximum Gasteiger partial charge on any atom is 0.414 e. The predicted molar refractivity (Wildman–Crippen MR) is 74.9 cm³/mol. The van der Waals surface area contributed by atoms with Crippen LogP contribution in [0, 0.1) is 0 Å². The van der Waals surface area contributed by atoms with Crippen LogP contribution in [-0.4, -0.2) is 29.3 Å². The minimum atomic E-state index is -0.916. The standard InChI is InChI=1S/C15H19NO4/c1-3-20-14(19)16-12-7-5-4-6-11(12)8-9-15(16,2)10-13(17)18/h4-7H,3,8-10H2,1-2H3,(H,17,18). The number of ether oxygens (including phenoxy) is 1. The summed E-state index contributed by atoms with van der Waals surface area (Å²) < 4.78 is 5.11. The molecule has 5 heteroatoms. The first kappa shape index (κ1) is 14.4. The van der Waals surface area contributed by atoms with E-state index in [1.807, 2.05) is 24.3 Å². The number of carbonyl (C=O) groups is 2. The highest BCUT2D eigenvalue weighted by atomic mass is 16.6. The summed E-state index contributed by atoms with van der Waals surface area (Å²) in [6, 6.07) is 7.56. The second-order valence-corrected chi connectivity index (χ2v) is 5.23. The zero-order valence-corrected chi connectivity index (χ0v) is 11.8. The van der Waals surface area contributed by atoms with Crippen molar-refractivity contribution in [2.75, 3.05) is 11.5 Å². The van der Waals surface area contributed by atoms with Crippen molar-refractivity contribution in [3.8, 4) is 0 Å². The lowest BCUT2D eigenvalue weighted by atomic mass is 9.83. The molecular weight excluding hydrogens is 258 g/mol. The third kappa shape index (κ3) is 2.61. The molecule has 1 aromatic carbocycles. The molecule has 0 radical (unpaired) electrons. The number of aliphatic carboxylic acids is 1. The zero-order valence-electron chi connectivity index (χ0n) is 11.8. The number of amides is 1. The number of hydrogen-bond acceptors (Lipinski definition) is 3. The van der Waals surface area contributed by atoms with Crippen LogP contribution in [0.1, 0.15) is 32.3 Å². The molecule has 0 aliphatic carbocycles. The van der Waals surface area contributed by atoms with Gasteiger partial charge in [-0.2, -0.15) is 0 Å². The van der Waals surface area contributed by atoms with Gasteiger partial charge in [0.05, 0.1) is 24.3 Å². The lowest BCUT2D eigenvalue weighted by molar-refractivity contribution is -0.138. The second kappa shape index (κ2) is 5.53. The molecule has 1 N–H and O–H groups in total. The van der Waals surface area contributed by atoms with Crippen LogP contribution in [0.2, 0.25) is 0 Å². The maximum atomic E-state index is 12.3. The highest BCUT2D eigenvalue weighted by Gasteiger charge is 2.42. The van der Waals surface area contributed by atoms with E-state index in [-0.39, 0.29) is 13.0 Å². The Labute approximate surface area is 118 Å². The largest absolute Gasteiger partial charge is 0.481 e. The fourth-order valence-corrected chi connectivity index (χ4v) is 2.75. The fourth-order valence-electron chi connectivity index (χ4n) is 2.75. The van der Waals surface area contributed by atoms with Gasteiger partial charge in [-0.1, -0.05) is 18.2 Å². The molecule has 108 valence electrons. The Morgan fingerprint density at radius 3 is 2.75 bits per heavy atom. The fraction of sp³-hybridized carbons (Fsp3) is 0.467. The number of rotatable bonds is 3. The molecule has 5 nitrogen and oxygen atoms in total. The number of anilines is 1. The Bertz CT molecular complexity index is 528. The van der Waals surface area contributed by atoms with Crippen molar-refractivity contribution < 1.29 is 19.4 Å². The van der Waals surface area contributed by atoms with Gasteiger partial charge in [0.25, 0.3) is 0 Å². The van der Waals surface area contributed by atoms with Gasteiger partial charge in [0.15, 0.2) is 0 Å². The normalized spacial score (nSPS) is 21.2. The Morgan fingerprint density at radius 1 is 1.40 bits per heavy atom. The molecule has 1 heterocycles. The topological polar surface area (TPSA) is 66.8 Å². The number of nitrogens with zero attached hydrogens (tertiary/aromatic N) is 1. The molecule has 0 bridgehead atoms. The van der Waals surface area contributed by atoms with Crippen LogP contribution < -0.4 is 4.90 Å². The van der Waals surface area contributed by atoms with Gasteiger partial charge in [-0.15, -0.1) is 0 Å². The molecule has 1 unspecified atom stereocenters. The first-order valence-electron chi connectivity index (χ1n) is 6.74. The van der Waals surface area contributed by atoms with Crippen LogP contribution in [0.25, 0.3) is 0 Å². The van der Waals surface area contributed by atoms with Gasteiger partial charge in [-0.05, 0) is 38.3 Å². The van der Waals surface area contributed by atoms with E-state index in [9.17, 15) is 9.59 Å². The highest BCUT2D eigenvalue weighted by molar-refractivity contribution is 5.92. The van der Waals surface area contributed by atoms with E-state index in [1.165, 1.54) is 4.90 Å². The van der Waals surface area contributed by atoms with Gasteiger partial charge >= 0.3 is 12.1 Å². The van der Waals surface area contributed by atoms with Crippen LogP contribution in [0.3, 0.4) is 0 Å². The average molecular weight is 277 g/mol. The lowest BCUT2D eigenvalue weighted by Gasteiger charge is -2.44. The summed E-state index contributed by atoms with van der Waals surface area (Å²) >= 11 is 0. The summed E-state index contributed by atoms with van der Waals surface area (Å²) in [5.74, 6) is -0.916. The third-order valence-electron chi connectivity index (χ3n) is 3.69. The zero-order chi connectivity index (χ0) is 14.8. The van der Waals surface area contributed by atoms with Crippen molar-refractivity contribution in [3.05, 3.63) is 29.8 Å². The van der Waals surface area contributed by atoms with Crippen LogP contribution in [0.15, 0.2) is 24.3 Å². The van der Waals surface area contributed by atoms with E-state index in [2.05, 4.69) is 0 Å². The van der Waals surface area contributed by atoms with Crippen LogP contribution in [0.5, 0.6) is 0 Å². The van der Waals surface area contributed by atoms with E-state index in [0.29, 0.717) is 6.42 Å². The third-order valence-corrected chi connectivity index (χ3v) is 3.69. The van der Waals surface area contributed by atoms with Crippen LogP contribution >= 0.6 is 0 Å². The van der Waals surface area contributed by atoms with Crippen molar-refractivity contribution in [1.82, 2.24) is 0 Å². The molecule has 20 heavy (non-hydrogen) atoms. The summed E-state index contributed by atoms with van der Waals surface area (Å²) in [5, 5.41) is 9.13. The number of fused-ring (bicyclic) bond motifs is 1. The predicted octanol–water partition coefficient (Wildman–Crippen LogP) is 2.83. The molecule has 1 aromatic rings. The molecule has 1 aliphatic rings. The Kier molecular flexibility index (Phi) is 3.97. The minimum absolute atomic E-state index is 0.0971. The maximum absolute atomic E-state index is 12.3. The molecular formula is C15H19NO4. The number of hydrogen-bond donors (Lipinski definition) is 1. The number of carbonyl (C=O) groups excluding carboxylic acids is 1. The van der Waals surface area contributed by atoms with Crippen molar-refractivity contribution in [2.24, 2.45) is 0 Å². The summed E-state index contributed by atoms with van der Waals surface area (Å²) in [5.41, 5.74) is 1.04. The molecule has 1 atom stereocenters. The SMILES string of the molecule is CCOC(=O)N1c2ccccc2CCC1(C)CC(=O)O. The molecule has 1 aliphatic heterocycles. The molecule has 2 rings (SSSR count). The number of carboxylic acid groups (broad SMARTS) is 1. The van der Waals surface area contributed by atoms with E-state index >= 15 is 0 Å². The second-order valence-electron chi connectivity index (χ2n) is 5.23. The lowest BCUT2D eigenvalue weighted by Crippen LogP contribution is -2.54. The number of benzene rings is 1.